The van der Waals surface area contributed by atoms with Gasteiger partial charge in [-0.1, -0.05) is 32.1 Å². The lowest BCUT2D eigenvalue weighted by Crippen LogP contribution is -2.48. The van der Waals surface area contributed by atoms with Gasteiger partial charge in [0, 0.05) is 10.7 Å². The topological polar surface area (TPSA) is 65.8 Å². The van der Waals surface area contributed by atoms with E-state index in [9.17, 15) is 10.1 Å². The van der Waals surface area contributed by atoms with E-state index in [0.29, 0.717) is 10.2 Å². The van der Waals surface area contributed by atoms with Crippen LogP contribution >= 0.6 is 15.9 Å². The summed E-state index contributed by atoms with van der Waals surface area (Å²) in [6.45, 7) is 0. The Morgan fingerprint density at radius 1 is 1.30 bits per heavy atom. The number of carbonyl (C=O) groups excluding carboxylic acids is 1. The molecule has 20 heavy (non-hydrogen) atoms. The Bertz CT molecular complexity index is 516. The van der Waals surface area contributed by atoms with Crippen LogP contribution in [0, 0.1) is 11.3 Å². The van der Waals surface area contributed by atoms with Crippen molar-refractivity contribution in [1.82, 2.24) is 10.3 Å². The maximum Gasteiger partial charge on any atom is 0.272 e. The predicted molar refractivity (Wildman–Crippen MR) is 80.1 cm³/mol. The Balaban J connectivity index is 2.14. The van der Waals surface area contributed by atoms with Gasteiger partial charge in [-0.25, -0.2) is 4.98 Å². The largest absolute Gasteiger partial charge is 0.332 e. The lowest BCUT2D eigenvalue weighted by molar-refractivity contribution is 0.0901. The fourth-order valence-electron chi connectivity index (χ4n) is 2.60. The molecular weight excluding hydrogens is 318 g/mol. The number of rotatable bonds is 2. The summed E-state index contributed by atoms with van der Waals surface area (Å²) < 4.78 is 0.649. The van der Waals surface area contributed by atoms with Crippen LogP contribution in [0.3, 0.4) is 0 Å². The van der Waals surface area contributed by atoms with E-state index < -0.39 is 5.54 Å². The van der Waals surface area contributed by atoms with Gasteiger partial charge in [0.2, 0.25) is 0 Å². The van der Waals surface area contributed by atoms with Crippen molar-refractivity contribution >= 4 is 21.8 Å². The molecule has 1 N–H and O–H groups in total. The summed E-state index contributed by atoms with van der Waals surface area (Å²) in [4.78, 5) is 16.4. The number of halogens is 1. The van der Waals surface area contributed by atoms with E-state index in [0.717, 1.165) is 38.5 Å². The van der Waals surface area contributed by atoms with Crippen LogP contribution in [0.15, 0.2) is 22.8 Å². The second-order valence-electron chi connectivity index (χ2n) is 5.25. The summed E-state index contributed by atoms with van der Waals surface area (Å²) in [6.07, 6.45) is 8.48. The van der Waals surface area contributed by atoms with Crippen LogP contribution in [0.5, 0.6) is 0 Å². The molecule has 0 atom stereocenters. The monoisotopic (exact) mass is 335 g/mol. The van der Waals surface area contributed by atoms with Gasteiger partial charge in [-0.15, -0.1) is 0 Å². The van der Waals surface area contributed by atoms with E-state index in [1.54, 1.807) is 18.3 Å². The maximum absolute atomic E-state index is 12.3. The van der Waals surface area contributed by atoms with Crippen LogP contribution in [0.2, 0.25) is 0 Å². The van der Waals surface area contributed by atoms with Crippen LogP contribution in [0.1, 0.15) is 55.4 Å². The van der Waals surface area contributed by atoms with E-state index in [1.807, 2.05) is 0 Å². The zero-order chi connectivity index (χ0) is 14.4. The average molecular weight is 336 g/mol. The molecule has 1 saturated carbocycles. The van der Waals surface area contributed by atoms with E-state index >= 15 is 0 Å². The van der Waals surface area contributed by atoms with E-state index in [4.69, 9.17) is 0 Å². The van der Waals surface area contributed by atoms with Gasteiger partial charge in [-0.2, -0.15) is 5.26 Å². The zero-order valence-electron chi connectivity index (χ0n) is 11.4. The molecule has 1 fully saturated rings. The van der Waals surface area contributed by atoms with Gasteiger partial charge in [0.05, 0.1) is 6.07 Å². The van der Waals surface area contributed by atoms with Crippen molar-refractivity contribution in [2.75, 3.05) is 0 Å². The number of nitrogens with zero attached hydrogens (tertiary/aromatic N) is 2. The number of carbonyl (C=O) groups is 1. The molecule has 1 heterocycles. The molecule has 0 bridgehead atoms. The molecule has 1 aliphatic carbocycles. The van der Waals surface area contributed by atoms with Crippen molar-refractivity contribution in [3.63, 3.8) is 0 Å². The number of nitrogens with one attached hydrogen (secondary N) is 1. The van der Waals surface area contributed by atoms with Crippen molar-refractivity contribution < 1.29 is 4.79 Å². The molecule has 1 aromatic heterocycles. The third-order valence-corrected chi connectivity index (χ3v) is 4.39. The van der Waals surface area contributed by atoms with Crippen LogP contribution in [0.25, 0.3) is 0 Å². The normalized spacial score (nSPS) is 18.4. The quantitative estimate of drug-likeness (QED) is 0.898. The highest BCUT2D eigenvalue weighted by atomic mass is 79.9. The van der Waals surface area contributed by atoms with Crippen LogP contribution in [-0.4, -0.2) is 16.4 Å². The van der Waals surface area contributed by atoms with Crippen molar-refractivity contribution in [2.24, 2.45) is 0 Å². The van der Waals surface area contributed by atoms with Gasteiger partial charge in [-0.05, 0) is 40.9 Å². The van der Waals surface area contributed by atoms with Gasteiger partial charge < -0.3 is 5.32 Å². The Morgan fingerprint density at radius 3 is 2.55 bits per heavy atom. The SMILES string of the molecule is N#CC1(NC(=O)c2ncccc2Br)CCCCCCC1. The number of nitriles is 1. The highest BCUT2D eigenvalue weighted by molar-refractivity contribution is 9.10. The average Bonchev–Trinajstić information content (AvgIpc) is 2.42. The highest BCUT2D eigenvalue weighted by Crippen LogP contribution is 2.26. The molecule has 0 unspecified atom stereocenters. The minimum absolute atomic E-state index is 0.278. The molecule has 0 saturated heterocycles. The fourth-order valence-corrected chi connectivity index (χ4v) is 3.04. The summed E-state index contributed by atoms with van der Waals surface area (Å²) in [7, 11) is 0. The standard InChI is InChI=1S/C15H18BrN3O/c16-12-7-6-10-18-13(12)14(20)19-15(11-17)8-4-2-1-3-5-9-15/h6-7,10H,1-5,8-9H2,(H,19,20). The Labute approximate surface area is 127 Å². The minimum Gasteiger partial charge on any atom is -0.332 e. The molecule has 0 aromatic carbocycles. The lowest BCUT2D eigenvalue weighted by atomic mass is 9.85. The first-order valence-corrected chi connectivity index (χ1v) is 7.80. The lowest BCUT2D eigenvalue weighted by Gasteiger charge is -2.29. The van der Waals surface area contributed by atoms with E-state index in [1.165, 1.54) is 6.42 Å². The molecule has 0 aliphatic heterocycles. The summed E-state index contributed by atoms with van der Waals surface area (Å²) in [6, 6.07) is 5.87. The smallest absolute Gasteiger partial charge is 0.272 e. The molecule has 2 rings (SSSR count). The fraction of sp³-hybridized carbons (Fsp3) is 0.533. The van der Waals surface area contributed by atoms with Gasteiger partial charge in [0.1, 0.15) is 11.2 Å². The Hall–Kier alpha value is -1.41. The molecule has 106 valence electrons. The van der Waals surface area contributed by atoms with Gasteiger partial charge >= 0.3 is 0 Å². The number of hydrogen-bond acceptors (Lipinski definition) is 3. The first-order chi connectivity index (χ1) is 9.67. The first kappa shape index (κ1) is 15.0. The van der Waals surface area contributed by atoms with Gasteiger partial charge in [0.25, 0.3) is 5.91 Å². The molecule has 1 aromatic rings. The van der Waals surface area contributed by atoms with Crippen molar-refractivity contribution in [2.45, 2.75) is 50.5 Å². The molecule has 0 radical (unpaired) electrons. The molecule has 0 spiro atoms. The second kappa shape index (κ2) is 6.85. The number of aromatic nitrogens is 1. The number of pyridine rings is 1. The third kappa shape index (κ3) is 3.57. The van der Waals surface area contributed by atoms with Crippen LogP contribution in [0.4, 0.5) is 0 Å². The number of hydrogen-bond donors (Lipinski definition) is 1. The molecule has 4 nitrogen and oxygen atoms in total. The van der Waals surface area contributed by atoms with E-state index in [-0.39, 0.29) is 5.91 Å². The highest BCUT2D eigenvalue weighted by Gasteiger charge is 2.32. The Morgan fingerprint density at radius 2 is 1.95 bits per heavy atom. The van der Waals surface area contributed by atoms with Crippen molar-refractivity contribution in [3.05, 3.63) is 28.5 Å². The van der Waals surface area contributed by atoms with Crippen LogP contribution in [-0.2, 0) is 0 Å². The summed E-state index contributed by atoms with van der Waals surface area (Å²) in [5.74, 6) is -0.278. The third-order valence-electron chi connectivity index (χ3n) is 3.75. The molecule has 5 heteroatoms. The molecule has 1 aliphatic rings. The Kier molecular flexibility index (Phi) is 5.13. The molecule has 1 amide bonds. The van der Waals surface area contributed by atoms with Crippen molar-refractivity contribution in [3.8, 4) is 6.07 Å². The minimum atomic E-state index is -0.742. The first-order valence-electron chi connectivity index (χ1n) is 7.01. The van der Waals surface area contributed by atoms with Gasteiger partial charge in [-0.3, -0.25) is 4.79 Å². The van der Waals surface area contributed by atoms with E-state index in [2.05, 4.69) is 32.3 Å². The summed E-state index contributed by atoms with van der Waals surface area (Å²) in [5, 5.41) is 12.4. The van der Waals surface area contributed by atoms with Crippen molar-refractivity contribution in [1.29, 1.82) is 5.26 Å². The zero-order valence-corrected chi connectivity index (χ0v) is 12.9. The van der Waals surface area contributed by atoms with Crippen LogP contribution < -0.4 is 5.32 Å². The summed E-state index contributed by atoms with van der Waals surface area (Å²) in [5.41, 5.74) is -0.404. The maximum atomic E-state index is 12.3. The predicted octanol–water partition coefficient (Wildman–Crippen LogP) is 3.58. The molecular formula is C15H18BrN3O. The second-order valence-corrected chi connectivity index (χ2v) is 6.10. The number of amides is 1. The van der Waals surface area contributed by atoms with Gasteiger partial charge in [0.15, 0.2) is 0 Å². The summed E-state index contributed by atoms with van der Waals surface area (Å²) >= 11 is 3.32.